The fourth-order valence-corrected chi connectivity index (χ4v) is 9.22. The van der Waals surface area contributed by atoms with Gasteiger partial charge in [0, 0.05) is 55.7 Å². The molecule has 0 fully saturated rings. The summed E-state index contributed by atoms with van der Waals surface area (Å²) in [7, 11) is 0. The summed E-state index contributed by atoms with van der Waals surface area (Å²) in [4.78, 5) is 8.55. The standard InChI is InChI=1S/C55H39N3O2/c1-33-20-34(2)23-45(22-33)57(41-12-8-6-9-13-41)43-18-16-37-28-47-50(30-39(37)26-43)59-52-32-49(56-5)55-54(53(47)52)48-29-38-17-19-44(27-40(38)31-51(48)60-55)58(42-14-10-7-11-15-42)46-24-35(3)21-36(4)25-46/h6-32H,1-4H3. The Balaban J connectivity index is 1.08. The second kappa shape index (κ2) is 13.7. The molecule has 0 spiro atoms. The molecule has 0 aliphatic carbocycles. The second-order valence-corrected chi connectivity index (χ2v) is 16.1. The highest BCUT2D eigenvalue weighted by Crippen LogP contribution is 2.47. The summed E-state index contributed by atoms with van der Waals surface area (Å²) in [6.45, 7) is 16.8. The predicted octanol–water partition coefficient (Wildman–Crippen LogP) is 16.5. The molecule has 5 nitrogen and oxygen atoms in total. The lowest BCUT2D eigenvalue weighted by Gasteiger charge is -2.26. The molecule has 0 amide bonds. The third kappa shape index (κ3) is 5.84. The summed E-state index contributed by atoms with van der Waals surface area (Å²) < 4.78 is 13.3. The summed E-state index contributed by atoms with van der Waals surface area (Å²) >= 11 is 0. The molecule has 286 valence electrons. The Morgan fingerprint density at radius 2 is 0.850 bits per heavy atom. The van der Waals surface area contributed by atoms with Crippen molar-refractivity contribution in [1.82, 2.24) is 0 Å². The first-order valence-corrected chi connectivity index (χ1v) is 20.3. The van der Waals surface area contributed by atoms with E-state index in [-0.39, 0.29) is 0 Å². The molecule has 5 heteroatoms. The first kappa shape index (κ1) is 35.4. The molecule has 0 N–H and O–H groups in total. The highest BCUT2D eigenvalue weighted by Gasteiger charge is 2.22. The average molecular weight is 774 g/mol. The number of para-hydroxylation sites is 2. The van der Waals surface area contributed by atoms with Crippen LogP contribution in [0, 0.1) is 34.3 Å². The quantitative estimate of drug-likeness (QED) is 0.158. The Morgan fingerprint density at radius 1 is 0.383 bits per heavy atom. The number of anilines is 6. The van der Waals surface area contributed by atoms with Crippen LogP contribution in [0.2, 0.25) is 0 Å². The van der Waals surface area contributed by atoms with Crippen LogP contribution in [0.1, 0.15) is 22.3 Å². The third-order valence-electron chi connectivity index (χ3n) is 11.6. The second-order valence-electron chi connectivity index (χ2n) is 16.1. The van der Waals surface area contributed by atoms with Crippen LogP contribution in [-0.4, -0.2) is 0 Å². The number of aryl methyl sites for hydroxylation is 4. The van der Waals surface area contributed by atoms with Crippen molar-refractivity contribution in [3.8, 4) is 0 Å². The number of hydrogen-bond acceptors (Lipinski definition) is 4. The van der Waals surface area contributed by atoms with E-state index in [0.29, 0.717) is 16.9 Å². The zero-order valence-electron chi connectivity index (χ0n) is 33.7. The summed E-state index contributed by atoms with van der Waals surface area (Å²) in [5.74, 6) is 0. The van der Waals surface area contributed by atoms with Crippen molar-refractivity contribution in [2.24, 2.45) is 0 Å². The van der Waals surface area contributed by atoms with Crippen LogP contribution in [0.3, 0.4) is 0 Å². The molecule has 0 saturated heterocycles. The van der Waals surface area contributed by atoms with Crippen LogP contribution in [0.4, 0.5) is 39.8 Å². The van der Waals surface area contributed by atoms with Gasteiger partial charge in [-0.2, -0.15) is 0 Å². The number of fused-ring (bicyclic) bond motifs is 9. The Labute approximate surface area is 347 Å². The van der Waals surface area contributed by atoms with Crippen LogP contribution in [0.5, 0.6) is 0 Å². The number of hydrogen-bond donors (Lipinski definition) is 0. The van der Waals surface area contributed by atoms with E-state index in [9.17, 15) is 0 Å². The van der Waals surface area contributed by atoms with Gasteiger partial charge in [0.05, 0.1) is 6.57 Å². The Morgan fingerprint density at radius 3 is 1.33 bits per heavy atom. The largest absolute Gasteiger partial charge is 0.467 e. The molecule has 2 heterocycles. The molecule has 0 aliphatic heterocycles. The van der Waals surface area contributed by atoms with E-state index in [0.717, 1.165) is 88.4 Å². The zero-order chi connectivity index (χ0) is 40.6. The third-order valence-corrected chi connectivity index (χ3v) is 11.6. The summed E-state index contributed by atoms with van der Waals surface area (Å²) in [5, 5.41) is 8.11. The first-order valence-electron chi connectivity index (χ1n) is 20.3. The monoisotopic (exact) mass is 773 g/mol. The Kier molecular flexibility index (Phi) is 8.05. The number of rotatable bonds is 6. The lowest BCUT2D eigenvalue weighted by Crippen LogP contribution is -2.10. The smallest absolute Gasteiger partial charge is 0.233 e. The van der Waals surface area contributed by atoms with Crippen molar-refractivity contribution in [3.05, 3.63) is 197 Å². The molecule has 2 aromatic heterocycles. The van der Waals surface area contributed by atoms with E-state index in [1.54, 1.807) is 0 Å². The molecule has 0 saturated carbocycles. The number of furan rings is 2. The fourth-order valence-electron chi connectivity index (χ4n) is 9.22. The van der Waals surface area contributed by atoms with Crippen molar-refractivity contribution >= 4 is 105 Å². The van der Waals surface area contributed by atoms with Crippen LogP contribution in [0.25, 0.3) is 70.3 Å². The highest BCUT2D eigenvalue weighted by molar-refractivity contribution is 6.30. The Bertz CT molecular complexity index is 3520. The molecule has 60 heavy (non-hydrogen) atoms. The van der Waals surface area contributed by atoms with Crippen molar-refractivity contribution in [2.45, 2.75) is 27.7 Å². The van der Waals surface area contributed by atoms with Gasteiger partial charge in [0.25, 0.3) is 0 Å². The van der Waals surface area contributed by atoms with Gasteiger partial charge in [-0.1, -0.05) is 60.7 Å². The van der Waals surface area contributed by atoms with Gasteiger partial charge in [-0.25, -0.2) is 4.85 Å². The maximum atomic E-state index is 8.19. The summed E-state index contributed by atoms with van der Waals surface area (Å²) in [5.41, 5.74) is 14.5. The lowest BCUT2D eigenvalue weighted by molar-refractivity contribution is 0.665. The molecule has 11 rings (SSSR count). The van der Waals surface area contributed by atoms with Crippen LogP contribution < -0.4 is 9.80 Å². The normalized spacial score (nSPS) is 11.7. The van der Waals surface area contributed by atoms with Crippen LogP contribution in [-0.2, 0) is 0 Å². The molecule has 0 atom stereocenters. The van der Waals surface area contributed by atoms with Gasteiger partial charge in [-0.15, -0.1) is 0 Å². The first-order chi connectivity index (χ1) is 29.3. The van der Waals surface area contributed by atoms with E-state index in [4.69, 9.17) is 15.4 Å². The SMILES string of the molecule is [C-]#[N+]c1cc2oc3cc4cc(N(c5ccccc5)c5cc(C)cc(C)c5)ccc4cc3c2c2c1oc1cc3cc(N(c4ccccc4)c4cc(C)cc(C)c4)ccc3cc12. The van der Waals surface area contributed by atoms with Gasteiger partial charge in [-0.3, -0.25) is 0 Å². The van der Waals surface area contributed by atoms with Crippen molar-refractivity contribution < 1.29 is 8.83 Å². The van der Waals surface area contributed by atoms with E-state index in [2.05, 4.69) is 188 Å². The maximum absolute atomic E-state index is 8.19. The van der Waals surface area contributed by atoms with Gasteiger partial charge >= 0.3 is 0 Å². The molecule has 0 bridgehead atoms. The van der Waals surface area contributed by atoms with Crippen LogP contribution >= 0.6 is 0 Å². The zero-order valence-corrected chi connectivity index (χ0v) is 33.7. The van der Waals surface area contributed by atoms with Crippen molar-refractivity contribution in [3.63, 3.8) is 0 Å². The molecule has 11 aromatic rings. The van der Waals surface area contributed by atoms with Gasteiger partial charge in [0.15, 0.2) is 0 Å². The van der Waals surface area contributed by atoms with E-state index in [1.165, 1.54) is 22.3 Å². The molecule has 0 aliphatic rings. The summed E-state index contributed by atoms with van der Waals surface area (Å²) in [6.07, 6.45) is 0. The van der Waals surface area contributed by atoms with Crippen molar-refractivity contribution in [2.75, 3.05) is 9.80 Å². The fraction of sp³-hybridized carbons (Fsp3) is 0.0727. The summed E-state index contributed by atoms with van der Waals surface area (Å²) in [6, 6.07) is 58.1. The van der Waals surface area contributed by atoms with Gasteiger partial charge in [0.1, 0.15) is 22.3 Å². The van der Waals surface area contributed by atoms with E-state index in [1.807, 2.05) is 18.2 Å². The topological polar surface area (TPSA) is 37.1 Å². The minimum Gasteiger partial charge on any atom is -0.467 e. The molecular formula is C55H39N3O2. The number of nitrogens with zero attached hydrogens (tertiary/aromatic N) is 3. The van der Waals surface area contributed by atoms with Gasteiger partial charge in [-0.05, 0) is 175 Å². The molecule has 0 radical (unpaired) electrons. The maximum Gasteiger partial charge on any atom is 0.233 e. The van der Waals surface area contributed by atoms with E-state index >= 15 is 0 Å². The number of benzene rings is 9. The van der Waals surface area contributed by atoms with Crippen molar-refractivity contribution in [1.29, 1.82) is 0 Å². The minimum atomic E-state index is 0.432. The predicted molar refractivity (Wildman–Crippen MR) is 251 cm³/mol. The molecule has 9 aromatic carbocycles. The lowest BCUT2D eigenvalue weighted by atomic mass is 9.99. The van der Waals surface area contributed by atoms with E-state index < -0.39 is 0 Å². The molecule has 0 unspecified atom stereocenters. The molecular weight excluding hydrogens is 735 g/mol. The van der Waals surface area contributed by atoms with Crippen LogP contribution in [0.15, 0.2) is 173 Å². The minimum absolute atomic E-state index is 0.432. The van der Waals surface area contributed by atoms with Gasteiger partial charge in [0.2, 0.25) is 5.69 Å². The van der Waals surface area contributed by atoms with Gasteiger partial charge < -0.3 is 18.6 Å². The average Bonchev–Trinajstić information content (AvgIpc) is 3.78. The highest BCUT2D eigenvalue weighted by atomic mass is 16.3. The Hall–Kier alpha value is -7.81.